The van der Waals surface area contributed by atoms with E-state index in [-0.39, 0.29) is 5.82 Å². The number of aryl methyl sites for hydroxylation is 1. The summed E-state index contributed by atoms with van der Waals surface area (Å²) < 4.78 is 20.8. The van der Waals surface area contributed by atoms with Gasteiger partial charge in [0.2, 0.25) is 5.88 Å². The number of methoxy groups -OCH3 is 1. The summed E-state index contributed by atoms with van der Waals surface area (Å²) in [6.07, 6.45) is 1.38. The number of benzene rings is 1. The summed E-state index contributed by atoms with van der Waals surface area (Å²) in [4.78, 5) is 11.2. The molecule has 102 valence electrons. The molecule has 0 radical (unpaired) electrons. The van der Waals surface area contributed by atoms with E-state index in [4.69, 9.17) is 17.0 Å². The van der Waals surface area contributed by atoms with Gasteiger partial charge in [-0.2, -0.15) is 4.98 Å². The van der Waals surface area contributed by atoms with Crippen LogP contribution in [-0.4, -0.2) is 26.6 Å². The predicted molar refractivity (Wildman–Crippen MR) is 75.3 cm³/mol. The summed E-state index contributed by atoms with van der Waals surface area (Å²) in [6, 6.07) is 4.70. The van der Waals surface area contributed by atoms with Crippen molar-refractivity contribution in [2.45, 2.75) is 6.92 Å². The molecule has 20 heavy (non-hydrogen) atoms. The van der Waals surface area contributed by atoms with E-state index >= 15 is 0 Å². The molecule has 5 nitrogen and oxygen atoms in total. The molecule has 0 saturated carbocycles. The lowest BCUT2D eigenvalue weighted by Crippen LogP contribution is -1.98. The van der Waals surface area contributed by atoms with Gasteiger partial charge in [-0.05, 0) is 42.9 Å². The van der Waals surface area contributed by atoms with Crippen LogP contribution >= 0.6 is 12.2 Å². The Morgan fingerprint density at radius 2 is 2.10 bits per heavy atom. The third kappa shape index (κ3) is 1.96. The second kappa shape index (κ2) is 4.68. The fourth-order valence-electron chi connectivity index (χ4n) is 2.14. The van der Waals surface area contributed by atoms with Gasteiger partial charge in [0.25, 0.3) is 0 Å². The number of hydrogen-bond acceptors (Lipinski definition) is 4. The predicted octanol–water partition coefficient (Wildman–Crippen LogP) is 2.93. The van der Waals surface area contributed by atoms with Crippen LogP contribution in [0.15, 0.2) is 24.5 Å². The molecule has 1 N–H and O–H groups in total. The summed E-state index contributed by atoms with van der Waals surface area (Å²) in [5, 5.41) is 0. The van der Waals surface area contributed by atoms with E-state index in [1.165, 1.54) is 25.6 Å². The molecule has 1 aromatic carbocycles. The maximum absolute atomic E-state index is 13.6. The minimum absolute atomic E-state index is 0.322. The number of aromatic nitrogens is 4. The standard InChI is InChI=1S/C13H11FN4OS/c1-7-3-8(14)5-9(4-7)18-11-10(17-13(18)20)12(19-2)16-6-15-11/h3-6H,1-2H3,(H,17,20). The number of halogens is 1. The third-order valence-corrected chi connectivity index (χ3v) is 3.20. The topological polar surface area (TPSA) is 55.7 Å². The van der Waals surface area contributed by atoms with Crippen molar-refractivity contribution in [1.82, 2.24) is 19.5 Å². The summed E-state index contributed by atoms with van der Waals surface area (Å²) in [7, 11) is 1.52. The molecule has 2 heterocycles. The number of hydrogen-bond donors (Lipinski definition) is 1. The van der Waals surface area contributed by atoms with Gasteiger partial charge in [-0.1, -0.05) is 0 Å². The van der Waals surface area contributed by atoms with Crippen molar-refractivity contribution in [2.75, 3.05) is 7.11 Å². The highest BCUT2D eigenvalue weighted by Gasteiger charge is 2.13. The van der Waals surface area contributed by atoms with Gasteiger partial charge in [-0.3, -0.25) is 4.57 Å². The normalized spacial score (nSPS) is 10.9. The Balaban J connectivity index is 2.36. The quantitative estimate of drug-likeness (QED) is 0.737. The number of ether oxygens (including phenoxy) is 1. The van der Waals surface area contributed by atoms with Crippen LogP contribution in [0.4, 0.5) is 4.39 Å². The van der Waals surface area contributed by atoms with Crippen molar-refractivity contribution in [3.8, 4) is 11.6 Å². The van der Waals surface area contributed by atoms with E-state index in [9.17, 15) is 4.39 Å². The van der Waals surface area contributed by atoms with Crippen molar-refractivity contribution in [3.63, 3.8) is 0 Å². The monoisotopic (exact) mass is 290 g/mol. The van der Waals surface area contributed by atoms with Crippen LogP contribution < -0.4 is 4.74 Å². The molecule has 7 heteroatoms. The van der Waals surface area contributed by atoms with Crippen molar-refractivity contribution < 1.29 is 9.13 Å². The molecule has 3 rings (SSSR count). The van der Waals surface area contributed by atoms with Gasteiger partial charge in [0.15, 0.2) is 10.4 Å². The van der Waals surface area contributed by atoms with Crippen LogP contribution in [0, 0.1) is 17.5 Å². The Bertz CT molecular complexity index is 835. The largest absolute Gasteiger partial charge is 0.479 e. The molecule has 0 spiro atoms. The Labute approximate surface area is 119 Å². The first-order valence-electron chi connectivity index (χ1n) is 5.87. The van der Waals surface area contributed by atoms with Gasteiger partial charge in [0, 0.05) is 0 Å². The van der Waals surface area contributed by atoms with Gasteiger partial charge < -0.3 is 9.72 Å². The zero-order valence-corrected chi connectivity index (χ0v) is 11.7. The van der Waals surface area contributed by atoms with E-state index in [1.807, 2.05) is 13.0 Å². The molecule has 0 fully saturated rings. The molecule has 0 aliphatic rings. The SMILES string of the molecule is COc1ncnc2c1[nH]c(=S)n2-c1cc(C)cc(F)c1. The van der Waals surface area contributed by atoms with Crippen molar-refractivity contribution in [3.05, 3.63) is 40.7 Å². The summed E-state index contributed by atoms with van der Waals surface area (Å²) >= 11 is 5.29. The number of imidazole rings is 1. The van der Waals surface area contributed by atoms with Crippen molar-refractivity contribution in [1.29, 1.82) is 0 Å². The van der Waals surface area contributed by atoms with Crippen LogP contribution in [0.3, 0.4) is 0 Å². The first kappa shape index (κ1) is 12.7. The van der Waals surface area contributed by atoms with Gasteiger partial charge in [-0.15, -0.1) is 0 Å². The first-order valence-corrected chi connectivity index (χ1v) is 6.28. The molecule has 3 aromatic rings. The van der Waals surface area contributed by atoms with Crippen LogP contribution in [0.5, 0.6) is 5.88 Å². The minimum atomic E-state index is -0.322. The molecule has 2 aromatic heterocycles. The zero-order chi connectivity index (χ0) is 14.3. The average molecular weight is 290 g/mol. The molecule has 0 bridgehead atoms. The highest BCUT2D eigenvalue weighted by Crippen LogP contribution is 2.24. The van der Waals surface area contributed by atoms with Gasteiger partial charge in [-0.25, -0.2) is 9.37 Å². The first-order chi connectivity index (χ1) is 9.60. The molecule has 0 amide bonds. The van der Waals surface area contributed by atoms with Crippen molar-refractivity contribution >= 4 is 23.4 Å². The zero-order valence-electron chi connectivity index (χ0n) is 10.8. The summed E-state index contributed by atoms with van der Waals surface area (Å²) in [6.45, 7) is 1.82. The molecule has 0 saturated heterocycles. The molecular formula is C13H11FN4OS. The molecule has 0 aliphatic carbocycles. The van der Waals surface area contributed by atoms with E-state index in [0.717, 1.165) is 5.56 Å². The fraction of sp³-hybridized carbons (Fsp3) is 0.154. The van der Waals surface area contributed by atoms with Gasteiger partial charge in [0.1, 0.15) is 17.7 Å². The Morgan fingerprint density at radius 1 is 1.30 bits per heavy atom. The van der Waals surface area contributed by atoms with Crippen molar-refractivity contribution in [2.24, 2.45) is 0 Å². The summed E-state index contributed by atoms with van der Waals surface area (Å²) in [5.74, 6) is 0.0743. The fourth-order valence-corrected chi connectivity index (χ4v) is 2.43. The smallest absolute Gasteiger partial charge is 0.242 e. The van der Waals surface area contributed by atoms with E-state index in [0.29, 0.717) is 27.5 Å². The second-order valence-corrected chi connectivity index (χ2v) is 4.72. The van der Waals surface area contributed by atoms with Crippen LogP contribution in [0.1, 0.15) is 5.56 Å². The maximum Gasteiger partial charge on any atom is 0.242 e. The van der Waals surface area contributed by atoms with E-state index in [1.54, 1.807) is 4.57 Å². The molecule has 0 unspecified atom stereocenters. The van der Waals surface area contributed by atoms with Crippen LogP contribution in [0.2, 0.25) is 0 Å². The number of nitrogens with one attached hydrogen (secondary N) is 1. The molecule has 0 atom stereocenters. The van der Waals surface area contributed by atoms with Gasteiger partial charge in [0.05, 0.1) is 12.8 Å². The number of fused-ring (bicyclic) bond motifs is 1. The van der Waals surface area contributed by atoms with E-state index < -0.39 is 0 Å². The average Bonchev–Trinajstić information content (AvgIpc) is 2.73. The lowest BCUT2D eigenvalue weighted by atomic mass is 10.2. The van der Waals surface area contributed by atoms with Gasteiger partial charge >= 0.3 is 0 Å². The number of H-pyrrole nitrogens is 1. The highest BCUT2D eigenvalue weighted by atomic mass is 32.1. The number of rotatable bonds is 2. The Hall–Kier alpha value is -2.28. The lowest BCUT2D eigenvalue weighted by Gasteiger charge is -2.06. The lowest BCUT2D eigenvalue weighted by molar-refractivity contribution is 0.401. The number of nitrogens with zero attached hydrogens (tertiary/aromatic N) is 3. The maximum atomic E-state index is 13.6. The Kier molecular flexibility index (Phi) is 2.98. The second-order valence-electron chi connectivity index (χ2n) is 4.33. The minimum Gasteiger partial charge on any atom is -0.479 e. The third-order valence-electron chi connectivity index (χ3n) is 2.92. The van der Waals surface area contributed by atoms with Crippen LogP contribution in [0.25, 0.3) is 16.9 Å². The Morgan fingerprint density at radius 3 is 2.80 bits per heavy atom. The summed E-state index contributed by atoms with van der Waals surface area (Å²) in [5.41, 5.74) is 2.55. The molecule has 0 aliphatic heterocycles. The van der Waals surface area contributed by atoms with E-state index in [2.05, 4.69) is 15.0 Å². The van der Waals surface area contributed by atoms with Crippen LogP contribution in [-0.2, 0) is 0 Å². The molecular weight excluding hydrogens is 279 g/mol. The highest BCUT2D eigenvalue weighted by molar-refractivity contribution is 7.71. The number of aromatic amines is 1.